The largest absolute Gasteiger partial charge is 0.307 e. The van der Waals surface area contributed by atoms with Crippen molar-refractivity contribution in [3.8, 4) is 24.0 Å². The Balaban J connectivity index is 2.33. The van der Waals surface area contributed by atoms with Crippen molar-refractivity contribution in [3.05, 3.63) is 46.5 Å². The number of carbonyl (C=O) groups is 2. The third-order valence-electron chi connectivity index (χ3n) is 6.25. The van der Waals surface area contributed by atoms with E-state index in [1.54, 1.807) is 12.2 Å². The predicted octanol–water partition coefficient (Wildman–Crippen LogP) is 3.29. The molecule has 0 radical (unpaired) electrons. The first-order valence-electron chi connectivity index (χ1n) is 8.62. The van der Waals surface area contributed by atoms with Gasteiger partial charge in [-0.1, -0.05) is 32.8 Å². The van der Waals surface area contributed by atoms with E-state index in [1.165, 1.54) is 6.08 Å². The summed E-state index contributed by atoms with van der Waals surface area (Å²) in [5, 5.41) is 18.3. The van der Waals surface area contributed by atoms with Crippen LogP contribution >= 0.6 is 0 Å². The van der Waals surface area contributed by atoms with Gasteiger partial charge in [-0.3, -0.25) is 4.79 Å². The number of allylic oxidation sites excluding steroid dienone is 6. The number of rotatable bonds is 0. The Morgan fingerprint density at radius 2 is 1.93 bits per heavy atom. The molecule has 5 heteroatoms. The molecule has 0 aliphatic heterocycles. The van der Waals surface area contributed by atoms with Gasteiger partial charge in [-0.2, -0.15) is 10.5 Å². The van der Waals surface area contributed by atoms with Gasteiger partial charge in [0.05, 0.1) is 17.6 Å². The molecule has 0 amide bonds. The van der Waals surface area contributed by atoms with E-state index in [-0.39, 0.29) is 23.0 Å². The van der Waals surface area contributed by atoms with Gasteiger partial charge in [0, 0.05) is 16.8 Å². The van der Waals surface area contributed by atoms with Crippen LogP contribution in [0.5, 0.6) is 0 Å². The van der Waals surface area contributed by atoms with E-state index < -0.39 is 22.0 Å². The van der Waals surface area contributed by atoms with Crippen molar-refractivity contribution in [1.82, 2.24) is 0 Å². The third-order valence-corrected chi connectivity index (χ3v) is 6.25. The Bertz CT molecular complexity index is 1060. The van der Waals surface area contributed by atoms with Crippen molar-refractivity contribution in [2.24, 2.45) is 22.2 Å². The Morgan fingerprint density at radius 3 is 2.52 bits per heavy atom. The summed E-state index contributed by atoms with van der Waals surface area (Å²) in [6, 6.07) is 3.73. The van der Waals surface area contributed by atoms with Crippen LogP contribution in [0.4, 0.5) is 0 Å². The molecule has 0 N–H and O–H groups in total. The maximum Gasteiger partial charge on any atom is 0.226 e. The van der Waals surface area contributed by atoms with E-state index in [0.29, 0.717) is 18.4 Å². The average molecular weight is 355 g/mol. The van der Waals surface area contributed by atoms with Crippen LogP contribution in [0.15, 0.2) is 35.1 Å². The molecule has 5 nitrogen and oxygen atoms in total. The van der Waals surface area contributed by atoms with Crippen LogP contribution < -0.4 is 0 Å². The standard InChI is InChI=1S/C22H17N3O2/c1-20(2)17-6-8-22(7-5-9-23)11-14(13-24)16(26)10-18(22)21(17,3)12-15(25-4)19(20)27/h10-12,17H,6,8H2,1-3H3. The second kappa shape index (κ2) is 5.81. The first-order chi connectivity index (χ1) is 12.7. The topological polar surface area (TPSA) is 86.1 Å². The quantitative estimate of drug-likeness (QED) is 0.493. The minimum absolute atomic E-state index is 0.00793. The minimum Gasteiger partial charge on any atom is -0.307 e. The van der Waals surface area contributed by atoms with Gasteiger partial charge in [-0.15, -0.1) is 0 Å². The van der Waals surface area contributed by atoms with Crippen molar-refractivity contribution in [3.63, 3.8) is 0 Å². The number of nitriles is 2. The monoisotopic (exact) mass is 355 g/mol. The van der Waals surface area contributed by atoms with Crippen LogP contribution in [-0.2, 0) is 9.59 Å². The number of Topliss-reactive ketones (excluding diaryl/α,β-unsaturated/α-hetero) is 1. The number of nitrogens with zero attached hydrogens (tertiary/aromatic N) is 3. The molecule has 0 heterocycles. The zero-order chi connectivity index (χ0) is 20.0. The second-order valence-electron chi connectivity index (χ2n) is 7.99. The summed E-state index contributed by atoms with van der Waals surface area (Å²) in [5.74, 6) is 4.68. The minimum atomic E-state index is -0.917. The van der Waals surface area contributed by atoms with Gasteiger partial charge >= 0.3 is 0 Å². The zero-order valence-corrected chi connectivity index (χ0v) is 15.4. The molecule has 0 bridgehead atoms. The molecule has 0 aromatic heterocycles. The van der Waals surface area contributed by atoms with Crippen molar-refractivity contribution < 1.29 is 9.59 Å². The molecule has 3 aliphatic carbocycles. The number of fused-ring (bicyclic) bond motifs is 3. The first-order valence-corrected chi connectivity index (χ1v) is 8.62. The van der Waals surface area contributed by atoms with Crippen LogP contribution in [0.25, 0.3) is 4.85 Å². The number of hydrogen-bond donors (Lipinski definition) is 0. The van der Waals surface area contributed by atoms with Crippen LogP contribution in [0.1, 0.15) is 33.6 Å². The highest BCUT2D eigenvalue weighted by atomic mass is 16.1. The molecule has 1 saturated carbocycles. The Hall–Kier alpha value is -3.41. The fourth-order valence-corrected chi connectivity index (χ4v) is 5.04. The van der Waals surface area contributed by atoms with Crippen molar-refractivity contribution in [1.29, 1.82) is 10.5 Å². The summed E-state index contributed by atoms with van der Waals surface area (Å²) >= 11 is 0. The van der Waals surface area contributed by atoms with Crippen LogP contribution in [0, 0.1) is 63.2 Å². The van der Waals surface area contributed by atoms with Gasteiger partial charge in [0.15, 0.2) is 17.6 Å². The number of ketones is 2. The zero-order valence-electron chi connectivity index (χ0n) is 15.4. The van der Waals surface area contributed by atoms with Gasteiger partial charge < -0.3 is 4.79 Å². The lowest BCUT2D eigenvalue weighted by atomic mass is 9.46. The van der Waals surface area contributed by atoms with E-state index in [1.807, 2.05) is 32.9 Å². The molecule has 3 unspecified atom stereocenters. The molecule has 0 saturated heterocycles. The summed E-state index contributed by atoms with van der Waals surface area (Å²) in [7, 11) is 0. The molecule has 3 rings (SSSR count). The maximum atomic E-state index is 12.8. The fraction of sp³-hybridized carbons (Fsp3) is 0.409. The smallest absolute Gasteiger partial charge is 0.226 e. The third kappa shape index (κ3) is 2.37. The highest BCUT2D eigenvalue weighted by molar-refractivity contribution is 6.09. The maximum absolute atomic E-state index is 12.8. The second-order valence-corrected chi connectivity index (χ2v) is 7.99. The highest BCUT2D eigenvalue weighted by Gasteiger charge is 2.59. The normalized spacial score (nSPS) is 33.3. The van der Waals surface area contributed by atoms with Gasteiger partial charge in [0.25, 0.3) is 0 Å². The molecular formula is C22H17N3O2. The molecule has 132 valence electrons. The summed E-state index contributed by atoms with van der Waals surface area (Å²) in [6.45, 7) is 13.0. The Labute approximate surface area is 158 Å². The van der Waals surface area contributed by atoms with E-state index in [9.17, 15) is 14.9 Å². The van der Waals surface area contributed by atoms with E-state index in [4.69, 9.17) is 11.8 Å². The highest BCUT2D eigenvalue weighted by Crippen LogP contribution is 2.63. The number of hydrogen-bond acceptors (Lipinski definition) is 4. The summed E-state index contributed by atoms with van der Waals surface area (Å²) in [6.07, 6.45) is 5.78. The van der Waals surface area contributed by atoms with Gasteiger partial charge in [0.2, 0.25) is 5.70 Å². The Morgan fingerprint density at radius 1 is 1.22 bits per heavy atom. The fourth-order valence-electron chi connectivity index (χ4n) is 5.04. The van der Waals surface area contributed by atoms with Crippen LogP contribution in [0.3, 0.4) is 0 Å². The summed E-state index contributed by atoms with van der Waals surface area (Å²) < 4.78 is 0. The predicted molar refractivity (Wildman–Crippen MR) is 96.9 cm³/mol. The molecule has 1 fully saturated rings. The molecule has 27 heavy (non-hydrogen) atoms. The van der Waals surface area contributed by atoms with Crippen molar-refractivity contribution in [2.45, 2.75) is 33.6 Å². The van der Waals surface area contributed by atoms with Crippen molar-refractivity contribution >= 4 is 11.6 Å². The molecule has 3 aliphatic rings. The Kier molecular flexibility index (Phi) is 3.95. The van der Waals surface area contributed by atoms with E-state index >= 15 is 0 Å². The van der Waals surface area contributed by atoms with E-state index in [2.05, 4.69) is 16.7 Å². The van der Waals surface area contributed by atoms with Crippen LogP contribution in [-0.4, -0.2) is 11.6 Å². The van der Waals surface area contributed by atoms with Gasteiger partial charge in [0.1, 0.15) is 6.07 Å². The first kappa shape index (κ1) is 18.4. The molecule has 0 spiro atoms. The van der Waals surface area contributed by atoms with Gasteiger partial charge in [-0.25, -0.2) is 4.85 Å². The summed E-state index contributed by atoms with van der Waals surface area (Å²) in [4.78, 5) is 28.6. The summed E-state index contributed by atoms with van der Waals surface area (Å²) in [5.41, 5.74) is -1.69. The molecular weight excluding hydrogens is 338 g/mol. The van der Waals surface area contributed by atoms with E-state index in [0.717, 1.165) is 0 Å². The molecule has 0 aromatic rings. The molecule has 0 aromatic carbocycles. The van der Waals surface area contributed by atoms with Crippen LogP contribution in [0.2, 0.25) is 0 Å². The average Bonchev–Trinajstić information content (AvgIpc) is 2.63. The number of carbonyl (C=O) groups excluding carboxylic acids is 2. The lowest BCUT2D eigenvalue weighted by molar-refractivity contribution is -0.130. The molecule has 3 atom stereocenters. The lowest BCUT2D eigenvalue weighted by Crippen LogP contribution is -2.53. The van der Waals surface area contributed by atoms with Gasteiger partial charge in [-0.05, 0) is 36.5 Å². The lowest BCUT2D eigenvalue weighted by Gasteiger charge is -2.56. The van der Waals surface area contributed by atoms with Crippen molar-refractivity contribution in [2.75, 3.05) is 0 Å². The SMILES string of the molecule is [C-]#[N+]C1=CC2(C)C3=CC(=O)C(C#N)=CC3(C#CC#N)CCC2C(C)(C)C1=O.